The van der Waals surface area contributed by atoms with Crippen LogP contribution in [0, 0.1) is 11.3 Å². The summed E-state index contributed by atoms with van der Waals surface area (Å²) in [5.41, 5.74) is 0.575. The summed E-state index contributed by atoms with van der Waals surface area (Å²) < 4.78 is 0. The van der Waals surface area contributed by atoms with E-state index >= 15 is 0 Å². The van der Waals surface area contributed by atoms with Crippen molar-refractivity contribution in [2.45, 2.75) is 13.3 Å². The van der Waals surface area contributed by atoms with Gasteiger partial charge in [-0.1, -0.05) is 30.1 Å². The van der Waals surface area contributed by atoms with E-state index in [2.05, 4.69) is 6.07 Å². The maximum atomic E-state index is 8.76. The quantitative estimate of drug-likeness (QED) is 0.698. The molecule has 1 aromatic rings. The molecule has 13 heavy (non-hydrogen) atoms. The minimum Gasteiger partial charge on any atom is -0.193 e. The Morgan fingerprint density at radius 3 is 2.77 bits per heavy atom. The zero-order valence-corrected chi connectivity index (χ0v) is 9.30. The third-order valence-electron chi connectivity index (χ3n) is 1.57. The first-order chi connectivity index (χ1) is 6.20. The minimum absolute atomic E-state index is 0.477. The summed E-state index contributed by atoms with van der Waals surface area (Å²) in [7, 11) is 0. The largest absolute Gasteiger partial charge is 0.193 e. The fourth-order valence-corrected chi connectivity index (χ4v) is 2.44. The lowest BCUT2D eigenvalue weighted by atomic mass is 10.2. The molecular formula is C9H7Cl2NS. The molecule has 1 heterocycles. The number of nitrogens with zero attached hydrogens (tertiary/aromatic N) is 1. The molecule has 0 aliphatic heterocycles. The van der Waals surface area contributed by atoms with Crippen molar-refractivity contribution in [2.75, 3.05) is 0 Å². The third kappa shape index (κ3) is 2.25. The van der Waals surface area contributed by atoms with Crippen molar-refractivity contribution in [3.05, 3.63) is 26.9 Å². The van der Waals surface area contributed by atoms with Gasteiger partial charge in [-0.15, -0.1) is 11.3 Å². The molecule has 0 saturated carbocycles. The van der Waals surface area contributed by atoms with E-state index in [1.54, 1.807) is 6.07 Å². The lowest BCUT2D eigenvalue weighted by Gasteiger charge is -1.98. The van der Waals surface area contributed by atoms with Crippen molar-refractivity contribution in [1.82, 2.24) is 0 Å². The van der Waals surface area contributed by atoms with E-state index in [0.717, 1.165) is 4.88 Å². The number of nitriles is 1. The second-order valence-electron chi connectivity index (χ2n) is 2.36. The van der Waals surface area contributed by atoms with Gasteiger partial charge in [0.15, 0.2) is 0 Å². The molecule has 4 heteroatoms. The van der Waals surface area contributed by atoms with Crippen LogP contribution in [0.15, 0.2) is 17.0 Å². The van der Waals surface area contributed by atoms with E-state index in [9.17, 15) is 0 Å². The molecule has 68 valence electrons. The number of allylic oxidation sites excluding steroid dienone is 1. The first kappa shape index (κ1) is 10.6. The summed E-state index contributed by atoms with van der Waals surface area (Å²) in [5.74, 6) is 0. The summed E-state index contributed by atoms with van der Waals surface area (Å²) in [6.45, 7) is 1.89. The van der Waals surface area contributed by atoms with Crippen LogP contribution in [0.5, 0.6) is 0 Å². The molecule has 0 aromatic carbocycles. The third-order valence-corrected chi connectivity index (χ3v) is 3.46. The van der Waals surface area contributed by atoms with Gasteiger partial charge < -0.3 is 0 Å². The van der Waals surface area contributed by atoms with Gasteiger partial charge in [-0.25, -0.2) is 0 Å². The zero-order chi connectivity index (χ0) is 9.84. The predicted molar refractivity (Wildman–Crippen MR) is 58.0 cm³/mol. The summed E-state index contributed by atoms with van der Waals surface area (Å²) in [6, 6.07) is 3.84. The summed E-state index contributed by atoms with van der Waals surface area (Å²) in [4.78, 5) is 0.779. The monoisotopic (exact) mass is 231 g/mol. The van der Waals surface area contributed by atoms with Crippen LogP contribution in [0.4, 0.5) is 0 Å². The SMILES string of the molecule is CC/C(C#N)=C(/Cl)c1sccc1Cl. The minimum atomic E-state index is 0.477. The van der Waals surface area contributed by atoms with Gasteiger partial charge in [-0.2, -0.15) is 5.26 Å². The van der Waals surface area contributed by atoms with E-state index < -0.39 is 0 Å². The standard InChI is InChI=1S/C9H7Cl2NS/c1-2-6(5-12)8(11)9-7(10)3-4-13-9/h3-4H,2H2,1H3/b8-6-. The second-order valence-corrected chi connectivity index (χ2v) is 4.06. The van der Waals surface area contributed by atoms with Crippen LogP contribution in [0.25, 0.3) is 5.03 Å². The Kier molecular flexibility index (Phi) is 3.80. The van der Waals surface area contributed by atoms with Gasteiger partial charge in [0.05, 0.1) is 21.0 Å². The molecule has 0 atom stereocenters. The highest BCUT2D eigenvalue weighted by Crippen LogP contribution is 2.34. The Bertz CT molecular complexity index is 373. The molecule has 0 N–H and O–H groups in total. The van der Waals surface area contributed by atoms with Crippen molar-refractivity contribution >= 4 is 39.6 Å². The highest BCUT2D eigenvalue weighted by molar-refractivity contribution is 7.12. The Morgan fingerprint density at radius 1 is 1.69 bits per heavy atom. The van der Waals surface area contributed by atoms with Crippen LogP contribution >= 0.6 is 34.5 Å². The van der Waals surface area contributed by atoms with Crippen LogP contribution in [0.3, 0.4) is 0 Å². The van der Waals surface area contributed by atoms with Crippen LogP contribution in [-0.4, -0.2) is 0 Å². The normalized spacial score (nSPS) is 12.2. The molecule has 0 spiro atoms. The van der Waals surface area contributed by atoms with Crippen molar-refractivity contribution < 1.29 is 0 Å². The Balaban J connectivity index is 3.17. The number of rotatable bonds is 2. The summed E-state index contributed by atoms with van der Waals surface area (Å²) in [5, 5.41) is 11.7. The molecule has 0 aliphatic carbocycles. The second kappa shape index (κ2) is 4.66. The van der Waals surface area contributed by atoms with E-state index in [1.165, 1.54) is 11.3 Å². The molecule has 0 fully saturated rings. The molecular weight excluding hydrogens is 225 g/mol. The molecule has 0 amide bonds. The van der Waals surface area contributed by atoms with Gasteiger partial charge in [-0.05, 0) is 17.9 Å². The Hall–Kier alpha value is -0.490. The van der Waals surface area contributed by atoms with Crippen molar-refractivity contribution in [3.8, 4) is 6.07 Å². The Morgan fingerprint density at radius 2 is 2.38 bits per heavy atom. The zero-order valence-electron chi connectivity index (χ0n) is 6.97. The van der Waals surface area contributed by atoms with Gasteiger partial charge >= 0.3 is 0 Å². The molecule has 1 rings (SSSR count). The fourth-order valence-electron chi connectivity index (χ4n) is 0.871. The molecule has 1 nitrogen and oxygen atoms in total. The highest BCUT2D eigenvalue weighted by atomic mass is 35.5. The van der Waals surface area contributed by atoms with Crippen LogP contribution in [-0.2, 0) is 0 Å². The van der Waals surface area contributed by atoms with Crippen molar-refractivity contribution in [2.24, 2.45) is 0 Å². The summed E-state index contributed by atoms with van der Waals surface area (Å²) >= 11 is 13.3. The van der Waals surface area contributed by atoms with E-state index in [0.29, 0.717) is 22.0 Å². The molecule has 0 radical (unpaired) electrons. The molecule has 0 unspecified atom stereocenters. The van der Waals surface area contributed by atoms with Gasteiger partial charge in [0.25, 0.3) is 0 Å². The lowest BCUT2D eigenvalue weighted by molar-refractivity contribution is 1.16. The average Bonchev–Trinajstić information content (AvgIpc) is 2.53. The van der Waals surface area contributed by atoms with Crippen LogP contribution < -0.4 is 0 Å². The lowest BCUT2D eigenvalue weighted by Crippen LogP contribution is -1.80. The highest BCUT2D eigenvalue weighted by Gasteiger charge is 2.09. The number of hydrogen-bond acceptors (Lipinski definition) is 2. The smallest absolute Gasteiger partial charge is 0.0963 e. The number of hydrogen-bond donors (Lipinski definition) is 0. The van der Waals surface area contributed by atoms with Gasteiger partial charge in [-0.3, -0.25) is 0 Å². The van der Waals surface area contributed by atoms with E-state index in [-0.39, 0.29) is 0 Å². The van der Waals surface area contributed by atoms with Crippen molar-refractivity contribution in [3.63, 3.8) is 0 Å². The fraction of sp³-hybridized carbons (Fsp3) is 0.222. The molecule has 1 aromatic heterocycles. The Labute approximate surface area is 91.2 Å². The first-order valence-electron chi connectivity index (χ1n) is 3.72. The van der Waals surface area contributed by atoms with Crippen molar-refractivity contribution in [1.29, 1.82) is 5.26 Å². The average molecular weight is 232 g/mol. The predicted octanol–water partition coefficient (Wildman–Crippen LogP) is 4.28. The van der Waals surface area contributed by atoms with Gasteiger partial charge in [0.2, 0.25) is 0 Å². The van der Waals surface area contributed by atoms with Gasteiger partial charge in [0, 0.05) is 5.57 Å². The maximum Gasteiger partial charge on any atom is 0.0963 e. The number of halogens is 2. The van der Waals surface area contributed by atoms with Crippen LogP contribution in [0.1, 0.15) is 18.2 Å². The molecule has 0 bridgehead atoms. The van der Waals surface area contributed by atoms with Crippen LogP contribution in [0.2, 0.25) is 5.02 Å². The molecule has 0 saturated heterocycles. The number of thiophene rings is 1. The topological polar surface area (TPSA) is 23.8 Å². The summed E-state index contributed by atoms with van der Waals surface area (Å²) in [6.07, 6.45) is 0.629. The molecule has 0 aliphatic rings. The first-order valence-corrected chi connectivity index (χ1v) is 5.36. The van der Waals surface area contributed by atoms with E-state index in [4.69, 9.17) is 28.5 Å². The van der Waals surface area contributed by atoms with Gasteiger partial charge in [0.1, 0.15) is 0 Å². The maximum absolute atomic E-state index is 8.76. The van der Waals surface area contributed by atoms with E-state index in [1.807, 2.05) is 12.3 Å².